The van der Waals surface area contributed by atoms with E-state index in [1.54, 1.807) is 11.3 Å². The van der Waals surface area contributed by atoms with Gasteiger partial charge in [0, 0.05) is 39.1 Å². The van der Waals surface area contributed by atoms with E-state index in [4.69, 9.17) is 24.4 Å². The normalized spacial score (nSPS) is 11.6. The first-order valence-corrected chi connectivity index (χ1v) is 17.3. The van der Waals surface area contributed by atoms with Crippen LogP contribution in [0.3, 0.4) is 0 Å². The highest BCUT2D eigenvalue weighted by Gasteiger charge is 2.20. The van der Waals surface area contributed by atoms with Gasteiger partial charge in [0.05, 0.1) is 10.2 Å². The lowest BCUT2D eigenvalue weighted by molar-refractivity contribution is 0.669. The minimum atomic E-state index is 0.583. The van der Waals surface area contributed by atoms with Crippen molar-refractivity contribution in [1.82, 2.24) is 19.9 Å². The van der Waals surface area contributed by atoms with Crippen molar-refractivity contribution in [2.24, 2.45) is 0 Å². The van der Waals surface area contributed by atoms with Gasteiger partial charge in [-0.1, -0.05) is 127 Å². The van der Waals surface area contributed by atoms with Crippen molar-refractivity contribution < 1.29 is 4.42 Å². The molecule has 3 aromatic heterocycles. The lowest BCUT2D eigenvalue weighted by atomic mass is 10.0. The summed E-state index contributed by atoms with van der Waals surface area (Å²) in [7, 11) is 0. The molecule has 5 nitrogen and oxygen atoms in total. The standard InChI is InChI=1S/C44H26N4OS/c1-3-11-27(12-4-1)31-17-9-18-32(23-31)41-46-42(33-22-21-28-13-7-8-16-30(28)24-33)48-43(47-41)34-19-10-20-37-40(34)35-25-36-39(26-38(35)49-37)50-44(45-36)29-14-5-2-6-15-29/h1-26H. The molecule has 0 saturated carbocycles. The van der Waals surface area contributed by atoms with Crippen LogP contribution in [0.1, 0.15) is 0 Å². The van der Waals surface area contributed by atoms with E-state index in [-0.39, 0.29) is 0 Å². The fourth-order valence-electron chi connectivity index (χ4n) is 6.69. The first-order valence-electron chi connectivity index (χ1n) is 16.5. The van der Waals surface area contributed by atoms with Crippen molar-refractivity contribution >= 4 is 54.3 Å². The molecule has 50 heavy (non-hydrogen) atoms. The van der Waals surface area contributed by atoms with E-state index < -0.39 is 0 Å². The van der Waals surface area contributed by atoms with E-state index >= 15 is 0 Å². The number of hydrogen-bond donors (Lipinski definition) is 0. The highest BCUT2D eigenvalue weighted by atomic mass is 32.1. The van der Waals surface area contributed by atoms with E-state index in [0.717, 1.165) is 75.9 Å². The van der Waals surface area contributed by atoms with Gasteiger partial charge in [-0.2, -0.15) is 0 Å². The summed E-state index contributed by atoms with van der Waals surface area (Å²) in [5, 5.41) is 5.22. The Bertz CT molecular complexity index is 2880. The van der Waals surface area contributed by atoms with Crippen LogP contribution in [0.4, 0.5) is 0 Å². The lowest BCUT2D eigenvalue weighted by Gasteiger charge is -2.11. The van der Waals surface area contributed by atoms with Gasteiger partial charge in [-0.15, -0.1) is 11.3 Å². The Hall–Kier alpha value is -6.50. The summed E-state index contributed by atoms with van der Waals surface area (Å²) < 4.78 is 7.57. The highest BCUT2D eigenvalue weighted by Crippen LogP contribution is 2.40. The Morgan fingerprint density at radius 2 is 1.08 bits per heavy atom. The fourth-order valence-corrected chi connectivity index (χ4v) is 7.67. The molecule has 0 N–H and O–H groups in total. The minimum Gasteiger partial charge on any atom is -0.456 e. The molecule has 3 heterocycles. The molecule has 0 unspecified atom stereocenters. The van der Waals surface area contributed by atoms with Crippen LogP contribution in [0.25, 0.3) is 98.8 Å². The number of thiazole rings is 1. The average molecular weight is 659 g/mol. The zero-order valence-corrected chi connectivity index (χ0v) is 27.4. The molecule has 0 saturated heterocycles. The maximum atomic E-state index is 6.49. The van der Waals surface area contributed by atoms with Crippen molar-refractivity contribution in [2.45, 2.75) is 0 Å². The molecule has 7 aromatic carbocycles. The predicted octanol–water partition coefficient (Wildman–Crippen LogP) is 11.9. The van der Waals surface area contributed by atoms with Crippen LogP contribution in [-0.4, -0.2) is 19.9 Å². The average Bonchev–Trinajstić information content (AvgIpc) is 3.78. The van der Waals surface area contributed by atoms with Gasteiger partial charge in [-0.25, -0.2) is 19.9 Å². The van der Waals surface area contributed by atoms with Gasteiger partial charge in [0.1, 0.15) is 16.2 Å². The van der Waals surface area contributed by atoms with E-state index in [2.05, 4.69) is 121 Å². The SMILES string of the molecule is c1ccc(-c2cccc(-c3nc(-c4ccc5ccccc5c4)nc(-c4cccc5oc6cc7sc(-c8ccccc8)nc7cc6c45)n3)c2)cc1. The fraction of sp³-hybridized carbons (Fsp3) is 0. The molecule has 0 aliphatic heterocycles. The zero-order chi connectivity index (χ0) is 33.0. The molecule has 0 atom stereocenters. The summed E-state index contributed by atoms with van der Waals surface area (Å²) in [6.07, 6.45) is 0. The monoisotopic (exact) mass is 658 g/mol. The Morgan fingerprint density at radius 3 is 1.90 bits per heavy atom. The van der Waals surface area contributed by atoms with E-state index in [9.17, 15) is 0 Å². The molecule has 0 bridgehead atoms. The van der Waals surface area contributed by atoms with Crippen LogP contribution in [0.2, 0.25) is 0 Å². The second kappa shape index (κ2) is 11.6. The molecule has 0 aliphatic carbocycles. The van der Waals surface area contributed by atoms with Crippen molar-refractivity contribution in [3.63, 3.8) is 0 Å². The van der Waals surface area contributed by atoms with Gasteiger partial charge in [0.2, 0.25) is 0 Å². The highest BCUT2D eigenvalue weighted by molar-refractivity contribution is 7.21. The van der Waals surface area contributed by atoms with E-state index in [0.29, 0.717) is 17.5 Å². The van der Waals surface area contributed by atoms with Crippen molar-refractivity contribution in [3.05, 3.63) is 158 Å². The third-order valence-electron chi connectivity index (χ3n) is 9.14. The van der Waals surface area contributed by atoms with Crippen LogP contribution >= 0.6 is 11.3 Å². The number of rotatable bonds is 5. The van der Waals surface area contributed by atoms with Crippen LogP contribution in [0.15, 0.2) is 162 Å². The summed E-state index contributed by atoms with van der Waals surface area (Å²) in [6.45, 7) is 0. The van der Waals surface area contributed by atoms with E-state index in [1.165, 1.54) is 5.39 Å². The summed E-state index contributed by atoms with van der Waals surface area (Å²) in [5.41, 5.74) is 8.58. The summed E-state index contributed by atoms with van der Waals surface area (Å²) in [6, 6.07) is 54.1. The number of nitrogens with zero attached hydrogens (tertiary/aromatic N) is 4. The Kier molecular flexibility index (Phi) is 6.60. The van der Waals surface area contributed by atoms with Crippen molar-refractivity contribution in [2.75, 3.05) is 0 Å². The summed E-state index contributed by atoms with van der Waals surface area (Å²) >= 11 is 1.67. The second-order valence-corrected chi connectivity index (χ2v) is 13.3. The molecule has 10 rings (SSSR count). The number of furan rings is 1. The summed E-state index contributed by atoms with van der Waals surface area (Å²) in [5.74, 6) is 1.80. The zero-order valence-electron chi connectivity index (χ0n) is 26.6. The van der Waals surface area contributed by atoms with Crippen LogP contribution in [-0.2, 0) is 0 Å². The molecule has 0 amide bonds. The first-order chi connectivity index (χ1) is 24.7. The summed E-state index contributed by atoms with van der Waals surface area (Å²) in [4.78, 5) is 20.4. The van der Waals surface area contributed by atoms with Crippen LogP contribution in [0.5, 0.6) is 0 Å². The molecule has 10 aromatic rings. The topological polar surface area (TPSA) is 64.7 Å². The Labute approximate surface area is 291 Å². The molecule has 0 aliphatic rings. The molecule has 6 heteroatoms. The minimum absolute atomic E-state index is 0.583. The Morgan fingerprint density at radius 1 is 0.420 bits per heavy atom. The molecule has 0 spiro atoms. The number of benzene rings is 7. The van der Waals surface area contributed by atoms with Crippen LogP contribution < -0.4 is 0 Å². The molecule has 234 valence electrons. The third kappa shape index (κ3) is 4.93. The van der Waals surface area contributed by atoms with Crippen molar-refractivity contribution in [1.29, 1.82) is 0 Å². The van der Waals surface area contributed by atoms with Gasteiger partial charge in [0.15, 0.2) is 17.5 Å². The predicted molar refractivity (Wildman–Crippen MR) is 205 cm³/mol. The van der Waals surface area contributed by atoms with Crippen molar-refractivity contribution in [3.8, 4) is 55.9 Å². The molecular formula is C44H26N4OS. The largest absolute Gasteiger partial charge is 0.456 e. The third-order valence-corrected chi connectivity index (χ3v) is 10.2. The van der Waals surface area contributed by atoms with Gasteiger partial charge >= 0.3 is 0 Å². The number of aromatic nitrogens is 4. The van der Waals surface area contributed by atoms with Crippen LogP contribution in [0, 0.1) is 0 Å². The van der Waals surface area contributed by atoms with E-state index in [1.807, 2.05) is 36.4 Å². The number of fused-ring (bicyclic) bond motifs is 5. The molecule has 0 fully saturated rings. The van der Waals surface area contributed by atoms with Gasteiger partial charge in [0.25, 0.3) is 0 Å². The lowest BCUT2D eigenvalue weighted by Crippen LogP contribution is -2.00. The maximum absolute atomic E-state index is 6.49. The first kappa shape index (κ1) is 28.5. The van der Waals surface area contributed by atoms with Gasteiger partial charge in [-0.3, -0.25) is 0 Å². The smallest absolute Gasteiger partial charge is 0.164 e. The van der Waals surface area contributed by atoms with Gasteiger partial charge < -0.3 is 4.42 Å². The Balaban J connectivity index is 1.19. The molecule has 0 radical (unpaired) electrons. The molecular weight excluding hydrogens is 633 g/mol. The quantitative estimate of drug-likeness (QED) is 0.184. The van der Waals surface area contributed by atoms with Gasteiger partial charge in [-0.05, 0) is 46.2 Å². The second-order valence-electron chi connectivity index (χ2n) is 12.3. The number of hydrogen-bond acceptors (Lipinski definition) is 6. The maximum Gasteiger partial charge on any atom is 0.164 e.